The predicted molar refractivity (Wildman–Crippen MR) is 73.0 cm³/mol. The van der Waals surface area contributed by atoms with Crippen LogP contribution in [0.3, 0.4) is 0 Å². The van der Waals surface area contributed by atoms with Crippen LogP contribution in [-0.4, -0.2) is 40.5 Å². The summed E-state index contributed by atoms with van der Waals surface area (Å²) in [6.07, 6.45) is 1.27. The Balaban J connectivity index is 0. The predicted octanol–water partition coefficient (Wildman–Crippen LogP) is 0.737. The Hall–Kier alpha value is 0.120. The van der Waals surface area contributed by atoms with Crippen LogP contribution in [0.5, 0.6) is 0 Å². The number of rotatable bonds is 9. The van der Waals surface area contributed by atoms with Crippen molar-refractivity contribution in [2.75, 3.05) is 26.0 Å². The van der Waals surface area contributed by atoms with E-state index in [1.807, 2.05) is 13.8 Å². The number of methoxy groups -OCH3 is 1. The molecule has 0 aromatic rings. The van der Waals surface area contributed by atoms with Gasteiger partial charge in [0.15, 0.2) is 0 Å². The van der Waals surface area contributed by atoms with Crippen LogP contribution >= 0.6 is 12.4 Å². The third-order valence-corrected chi connectivity index (χ3v) is 3.67. The molecule has 3 N–H and O–H groups in total. The third kappa shape index (κ3) is 11.0. The lowest BCUT2D eigenvalue weighted by Crippen LogP contribution is -2.42. The highest BCUT2D eigenvalue weighted by Crippen LogP contribution is 2.05. The first-order valence-electron chi connectivity index (χ1n) is 5.60. The molecule has 0 bridgehead atoms. The highest BCUT2D eigenvalue weighted by molar-refractivity contribution is 7.89. The Labute approximate surface area is 111 Å². The second kappa shape index (κ2) is 10.1. The summed E-state index contributed by atoms with van der Waals surface area (Å²) in [5.74, 6) is 0.519. The minimum atomic E-state index is -3.22. The quantitative estimate of drug-likeness (QED) is 0.613. The zero-order chi connectivity index (χ0) is 12.6. The number of hydrogen-bond donors (Lipinski definition) is 2. The van der Waals surface area contributed by atoms with Gasteiger partial charge in [0, 0.05) is 26.3 Å². The van der Waals surface area contributed by atoms with E-state index in [-0.39, 0.29) is 24.2 Å². The third-order valence-electron chi connectivity index (χ3n) is 2.15. The maximum Gasteiger partial charge on any atom is 0.211 e. The standard InChI is InChI=1S/C10H24N2O3S.ClH/c1-9(2)7-10(8-11)12-16(13,14)6-4-5-15-3;/h9-10,12H,4-8,11H2,1-3H3;1H. The van der Waals surface area contributed by atoms with Gasteiger partial charge in [0.05, 0.1) is 5.75 Å². The van der Waals surface area contributed by atoms with Crippen molar-refractivity contribution >= 4 is 22.4 Å². The number of nitrogens with two attached hydrogens (primary N) is 1. The molecule has 0 radical (unpaired) electrons. The van der Waals surface area contributed by atoms with E-state index in [1.165, 1.54) is 0 Å². The van der Waals surface area contributed by atoms with Crippen LogP contribution in [0.2, 0.25) is 0 Å². The monoisotopic (exact) mass is 288 g/mol. The van der Waals surface area contributed by atoms with Gasteiger partial charge in [-0.2, -0.15) is 0 Å². The number of hydrogen-bond acceptors (Lipinski definition) is 4. The second-order valence-electron chi connectivity index (χ2n) is 4.35. The van der Waals surface area contributed by atoms with Gasteiger partial charge >= 0.3 is 0 Å². The molecule has 0 amide bonds. The maximum atomic E-state index is 11.6. The fourth-order valence-corrected chi connectivity index (χ4v) is 2.78. The van der Waals surface area contributed by atoms with Crippen LogP contribution in [0.15, 0.2) is 0 Å². The Morgan fingerprint density at radius 1 is 1.35 bits per heavy atom. The number of ether oxygens (including phenoxy) is 1. The van der Waals surface area contributed by atoms with Crippen LogP contribution < -0.4 is 10.5 Å². The average molecular weight is 289 g/mol. The zero-order valence-electron chi connectivity index (χ0n) is 10.8. The van der Waals surface area contributed by atoms with Crippen molar-refractivity contribution in [3.63, 3.8) is 0 Å². The molecule has 106 valence electrons. The van der Waals surface area contributed by atoms with Crippen LogP contribution in [-0.2, 0) is 14.8 Å². The van der Waals surface area contributed by atoms with E-state index in [9.17, 15) is 8.42 Å². The molecule has 0 aliphatic heterocycles. The molecule has 17 heavy (non-hydrogen) atoms. The number of sulfonamides is 1. The van der Waals surface area contributed by atoms with E-state index < -0.39 is 10.0 Å². The summed E-state index contributed by atoms with van der Waals surface area (Å²) in [5, 5.41) is 0. The van der Waals surface area contributed by atoms with Crippen molar-refractivity contribution in [3.8, 4) is 0 Å². The zero-order valence-corrected chi connectivity index (χ0v) is 12.4. The molecule has 1 atom stereocenters. The first-order valence-corrected chi connectivity index (χ1v) is 7.25. The molecule has 0 saturated heterocycles. The van der Waals surface area contributed by atoms with Gasteiger partial charge in [-0.05, 0) is 18.8 Å². The van der Waals surface area contributed by atoms with E-state index in [1.54, 1.807) is 7.11 Å². The van der Waals surface area contributed by atoms with Crippen molar-refractivity contribution in [2.24, 2.45) is 11.7 Å². The topological polar surface area (TPSA) is 81.4 Å². The largest absolute Gasteiger partial charge is 0.385 e. The van der Waals surface area contributed by atoms with Crippen molar-refractivity contribution in [2.45, 2.75) is 32.7 Å². The van der Waals surface area contributed by atoms with Crippen LogP contribution in [0.1, 0.15) is 26.7 Å². The van der Waals surface area contributed by atoms with Crippen molar-refractivity contribution in [1.29, 1.82) is 0 Å². The highest BCUT2D eigenvalue weighted by Gasteiger charge is 2.17. The van der Waals surface area contributed by atoms with Gasteiger partial charge in [0.25, 0.3) is 0 Å². The van der Waals surface area contributed by atoms with Crippen molar-refractivity contribution in [1.82, 2.24) is 4.72 Å². The molecule has 0 aromatic carbocycles. The first kappa shape index (κ1) is 19.5. The van der Waals surface area contributed by atoms with Gasteiger partial charge in [-0.25, -0.2) is 13.1 Å². The minimum Gasteiger partial charge on any atom is -0.385 e. The van der Waals surface area contributed by atoms with Gasteiger partial charge in [-0.15, -0.1) is 12.4 Å². The van der Waals surface area contributed by atoms with Gasteiger partial charge < -0.3 is 10.5 Å². The average Bonchev–Trinajstić information content (AvgIpc) is 2.15. The summed E-state index contributed by atoms with van der Waals surface area (Å²) in [4.78, 5) is 0. The highest BCUT2D eigenvalue weighted by atomic mass is 35.5. The molecule has 0 aliphatic rings. The lowest BCUT2D eigenvalue weighted by Gasteiger charge is -2.18. The maximum absolute atomic E-state index is 11.6. The summed E-state index contributed by atoms with van der Waals surface area (Å²) in [7, 11) is -1.66. The Morgan fingerprint density at radius 2 is 1.94 bits per heavy atom. The fourth-order valence-electron chi connectivity index (χ4n) is 1.47. The molecule has 0 heterocycles. The van der Waals surface area contributed by atoms with Crippen LogP contribution in [0.25, 0.3) is 0 Å². The molecule has 7 heteroatoms. The smallest absolute Gasteiger partial charge is 0.211 e. The lowest BCUT2D eigenvalue weighted by atomic mass is 10.1. The second-order valence-corrected chi connectivity index (χ2v) is 6.22. The molecule has 0 spiro atoms. The first-order chi connectivity index (χ1) is 7.41. The Bertz CT molecular complexity index is 271. The van der Waals surface area contributed by atoms with E-state index in [4.69, 9.17) is 10.5 Å². The van der Waals surface area contributed by atoms with Crippen LogP contribution in [0.4, 0.5) is 0 Å². The van der Waals surface area contributed by atoms with E-state index >= 15 is 0 Å². The van der Waals surface area contributed by atoms with Gasteiger partial charge in [0.2, 0.25) is 10.0 Å². The Kier molecular flexibility index (Phi) is 11.5. The molecule has 0 rings (SSSR count). The molecule has 0 aromatic heterocycles. The summed E-state index contributed by atoms with van der Waals surface area (Å²) in [6.45, 7) is 4.88. The fraction of sp³-hybridized carbons (Fsp3) is 1.00. The van der Waals surface area contributed by atoms with Gasteiger partial charge in [-0.1, -0.05) is 13.8 Å². The van der Waals surface area contributed by atoms with E-state index in [2.05, 4.69) is 4.72 Å². The molecule has 0 fully saturated rings. The SMILES string of the molecule is COCCCS(=O)(=O)NC(CN)CC(C)C.Cl. The molecule has 0 aliphatic carbocycles. The molecule has 1 unspecified atom stereocenters. The molecular weight excluding hydrogens is 264 g/mol. The lowest BCUT2D eigenvalue weighted by molar-refractivity contribution is 0.199. The van der Waals surface area contributed by atoms with E-state index in [0.717, 1.165) is 6.42 Å². The molecular formula is C10H25ClN2O3S. The van der Waals surface area contributed by atoms with Crippen molar-refractivity contribution in [3.05, 3.63) is 0 Å². The normalized spacial score (nSPS) is 13.5. The summed E-state index contributed by atoms with van der Waals surface area (Å²) < 4.78 is 30.7. The number of nitrogens with one attached hydrogen (secondary N) is 1. The van der Waals surface area contributed by atoms with Crippen LogP contribution in [0, 0.1) is 5.92 Å². The number of halogens is 1. The van der Waals surface area contributed by atoms with Crippen molar-refractivity contribution < 1.29 is 13.2 Å². The molecule has 5 nitrogen and oxygen atoms in total. The summed E-state index contributed by atoms with van der Waals surface area (Å²) in [6, 6.07) is -0.160. The van der Waals surface area contributed by atoms with Gasteiger partial charge in [-0.3, -0.25) is 0 Å². The Morgan fingerprint density at radius 3 is 2.35 bits per heavy atom. The summed E-state index contributed by atoms with van der Waals surface area (Å²) in [5.41, 5.74) is 5.53. The van der Waals surface area contributed by atoms with Gasteiger partial charge in [0.1, 0.15) is 0 Å². The minimum absolute atomic E-state index is 0. The summed E-state index contributed by atoms with van der Waals surface area (Å²) >= 11 is 0. The molecule has 0 saturated carbocycles. The van der Waals surface area contributed by atoms with E-state index in [0.29, 0.717) is 25.5 Å².